The first kappa shape index (κ1) is 21.7. The SMILES string of the molecule is [B][C@@H](CN(CCCC)C(=O)c1cnc(CF)cn1)c1cc(C(F)F)nc2ncnn12. The summed E-state index contributed by atoms with van der Waals surface area (Å²) in [6, 6.07) is 1.16. The molecule has 30 heavy (non-hydrogen) atoms. The van der Waals surface area contributed by atoms with E-state index in [2.05, 4.69) is 25.0 Å². The molecular formula is C18H19BF3N7O. The number of aromatic nitrogens is 6. The van der Waals surface area contributed by atoms with Crippen LogP contribution in [0, 0.1) is 0 Å². The molecule has 0 saturated heterocycles. The Morgan fingerprint density at radius 1 is 1.27 bits per heavy atom. The van der Waals surface area contributed by atoms with Crippen molar-refractivity contribution in [1.82, 2.24) is 34.4 Å². The van der Waals surface area contributed by atoms with Gasteiger partial charge in [0, 0.05) is 18.8 Å². The summed E-state index contributed by atoms with van der Waals surface area (Å²) in [5.74, 6) is -1.28. The van der Waals surface area contributed by atoms with Crippen molar-refractivity contribution in [2.24, 2.45) is 0 Å². The van der Waals surface area contributed by atoms with E-state index in [4.69, 9.17) is 7.85 Å². The highest BCUT2D eigenvalue weighted by atomic mass is 19.3. The normalized spacial score (nSPS) is 12.4. The van der Waals surface area contributed by atoms with Gasteiger partial charge in [-0.2, -0.15) is 10.1 Å². The minimum atomic E-state index is -2.81. The molecular weight excluding hydrogens is 398 g/mol. The van der Waals surface area contributed by atoms with Crippen molar-refractivity contribution >= 4 is 19.5 Å². The van der Waals surface area contributed by atoms with E-state index in [9.17, 15) is 18.0 Å². The maximum atomic E-state index is 13.2. The highest BCUT2D eigenvalue weighted by Crippen LogP contribution is 2.22. The van der Waals surface area contributed by atoms with Gasteiger partial charge in [0.15, 0.2) is 0 Å². The summed E-state index contributed by atoms with van der Waals surface area (Å²) >= 11 is 0. The van der Waals surface area contributed by atoms with Gasteiger partial charge in [-0.25, -0.2) is 27.7 Å². The van der Waals surface area contributed by atoms with Crippen LogP contribution in [0.2, 0.25) is 0 Å². The topological polar surface area (TPSA) is 89.2 Å². The Morgan fingerprint density at radius 3 is 2.70 bits per heavy atom. The average molecular weight is 417 g/mol. The summed E-state index contributed by atoms with van der Waals surface area (Å²) < 4.78 is 40.4. The fraction of sp³-hybridized carbons (Fsp3) is 0.444. The van der Waals surface area contributed by atoms with Crippen LogP contribution in [0.15, 0.2) is 24.8 Å². The first-order valence-electron chi connectivity index (χ1n) is 9.35. The van der Waals surface area contributed by atoms with Gasteiger partial charge in [-0.3, -0.25) is 9.78 Å². The Hall–Kier alpha value is -3.05. The van der Waals surface area contributed by atoms with Crippen molar-refractivity contribution in [3.8, 4) is 0 Å². The van der Waals surface area contributed by atoms with Crippen LogP contribution >= 0.6 is 0 Å². The predicted molar refractivity (Wildman–Crippen MR) is 102 cm³/mol. The zero-order chi connectivity index (χ0) is 21.7. The van der Waals surface area contributed by atoms with Crippen molar-refractivity contribution < 1.29 is 18.0 Å². The molecule has 0 unspecified atom stereocenters. The number of alkyl halides is 3. The minimum Gasteiger partial charge on any atom is -0.337 e. The lowest BCUT2D eigenvalue weighted by Gasteiger charge is -2.26. The molecule has 12 heteroatoms. The minimum absolute atomic E-state index is 0.00244. The Bertz CT molecular complexity index is 999. The van der Waals surface area contributed by atoms with E-state index in [-0.39, 0.29) is 29.4 Å². The third kappa shape index (κ3) is 4.74. The number of carbonyl (C=O) groups is 1. The third-order valence-electron chi connectivity index (χ3n) is 4.45. The van der Waals surface area contributed by atoms with Crippen LogP contribution in [-0.4, -0.2) is 61.3 Å². The van der Waals surface area contributed by atoms with Crippen LogP contribution in [0.4, 0.5) is 13.2 Å². The predicted octanol–water partition coefficient (Wildman–Crippen LogP) is 2.47. The van der Waals surface area contributed by atoms with Crippen LogP contribution in [0.25, 0.3) is 5.78 Å². The lowest BCUT2D eigenvalue weighted by atomic mass is 9.83. The number of amides is 1. The smallest absolute Gasteiger partial charge is 0.280 e. The second-order valence-electron chi connectivity index (χ2n) is 6.62. The van der Waals surface area contributed by atoms with E-state index < -0.39 is 30.5 Å². The molecule has 0 bridgehead atoms. The molecule has 0 aromatic carbocycles. The van der Waals surface area contributed by atoms with E-state index in [0.29, 0.717) is 13.0 Å². The molecule has 0 spiro atoms. The average Bonchev–Trinajstić information content (AvgIpc) is 3.24. The molecule has 0 aliphatic rings. The Morgan fingerprint density at radius 2 is 2.07 bits per heavy atom. The molecule has 2 radical (unpaired) electrons. The van der Waals surface area contributed by atoms with Crippen molar-refractivity contribution in [2.45, 2.75) is 38.7 Å². The molecule has 0 saturated carbocycles. The van der Waals surface area contributed by atoms with Crippen LogP contribution in [0.5, 0.6) is 0 Å². The second-order valence-corrected chi connectivity index (χ2v) is 6.62. The zero-order valence-electron chi connectivity index (χ0n) is 16.2. The van der Waals surface area contributed by atoms with Crippen LogP contribution in [0.1, 0.15) is 59.6 Å². The Labute approximate surface area is 172 Å². The summed E-state index contributed by atoms with van der Waals surface area (Å²) in [5, 5.41) is 3.99. The van der Waals surface area contributed by atoms with E-state index in [1.807, 2.05) is 6.92 Å². The van der Waals surface area contributed by atoms with E-state index in [1.165, 1.54) is 28.1 Å². The molecule has 1 amide bonds. The summed E-state index contributed by atoms with van der Waals surface area (Å²) in [4.78, 5) is 29.8. The summed E-state index contributed by atoms with van der Waals surface area (Å²) in [7, 11) is 6.28. The largest absolute Gasteiger partial charge is 0.337 e. The highest BCUT2D eigenvalue weighted by Gasteiger charge is 2.23. The number of fused-ring (bicyclic) bond motifs is 1. The van der Waals surface area contributed by atoms with Gasteiger partial charge in [0.25, 0.3) is 18.1 Å². The van der Waals surface area contributed by atoms with Crippen molar-refractivity contribution in [2.75, 3.05) is 13.1 Å². The number of rotatable bonds is 9. The molecule has 1 atom stereocenters. The van der Waals surface area contributed by atoms with Gasteiger partial charge in [0.2, 0.25) is 0 Å². The van der Waals surface area contributed by atoms with Crippen LogP contribution < -0.4 is 0 Å². The molecule has 3 aromatic rings. The molecule has 3 heterocycles. The number of hydrogen-bond acceptors (Lipinski definition) is 6. The monoisotopic (exact) mass is 417 g/mol. The second kappa shape index (κ2) is 9.64. The lowest BCUT2D eigenvalue weighted by molar-refractivity contribution is 0.0745. The molecule has 0 fully saturated rings. The standard InChI is InChI=1S/C18H19BF3N7O/c1-2-3-4-28(17(30)14-8-23-11(6-20)7-24-14)9-12(19)15-5-13(16(21)22)27-18-25-10-26-29(15)18/h5,7-8,10,12,16H,2-4,6,9H2,1H3/t12-/m0/s1. The third-order valence-corrected chi connectivity index (χ3v) is 4.45. The van der Waals surface area contributed by atoms with E-state index in [0.717, 1.165) is 12.5 Å². The molecule has 156 valence electrons. The molecule has 0 N–H and O–H groups in total. The molecule has 0 aliphatic heterocycles. The number of carbonyl (C=O) groups excluding carboxylic acids is 1. The Kier molecular flexibility index (Phi) is 6.96. The van der Waals surface area contributed by atoms with Gasteiger partial charge < -0.3 is 4.90 Å². The maximum Gasteiger partial charge on any atom is 0.280 e. The van der Waals surface area contributed by atoms with Crippen LogP contribution in [0.3, 0.4) is 0 Å². The van der Waals surface area contributed by atoms with Gasteiger partial charge in [-0.15, -0.1) is 0 Å². The van der Waals surface area contributed by atoms with Crippen LogP contribution in [-0.2, 0) is 6.67 Å². The summed E-state index contributed by atoms with van der Waals surface area (Å²) in [6.45, 7) is 1.58. The number of halogens is 3. The highest BCUT2D eigenvalue weighted by molar-refractivity contribution is 6.12. The molecule has 3 rings (SSSR count). The van der Waals surface area contributed by atoms with Crippen molar-refractivity contribution in [3.63, 3.8) is 0 Å². The fourth-order valence-corrected chi connectivity index (χ4v) is 2.88. The Balaban J connectivity index is 1.88. The molecule has 3 aromatic heterocycles. The van der Waals surface area contributed by atoms with Gasteiger partial charge >= 0.3 is 0 Å². The van der Waals surface area contributed by atoms with Gasteiger partial charge in [0.1, 0.15) is 24.4 Å². The van der Waals surface area contributed by atoms with Crippen molar-refractivity contribution in [3.05, 3.63) is 47.6 Å². The number of nitrogens with zero attached hydrogens (tertiary/aromatic N) is 7. The summed E-state index contributed by atoms with van der Waals surface area (Å²) in [6.07, 6.45) is 2.31. The fourth-order valence-electron chi connectivity index (χ4n) is 2.88. The summed E-state index contributed by atoms with van der Waals surface area (Å²) in [5.41, 5.74) is -0.0568. The van der Waals surface area contributed by atoms with Gasteiger partial charge in [-0.05, 0) is 18.3 Å². The van der Waals surface area contributed by atoms with Gasteiger partial charge in [0.05, 0.1) is 25.9 Å². The first-order valence-corrected chi connectivity index (χ1v) is 9.35. The quantitative estimate of drug-likeness (QED) is 0.497. The number of unbranched alkanes of at least 4 members (excludes halogenated alkanes) is 1. The number of hydrogen-bond donors (Lipinski definition) is 0. The first-order chi connectivity index (χ1) is 14.4. The zero-order valence-corrected chi connectivity index (χ0v) is 16.2. The van der Waals surface area contributed by atoms with E-state index >= 15 is 0 Å². The van der Waals surface area contributed by atoms with Crippen molar-refractivity contribution in [1.29, 1.82) is 0 Å². The van der Waals surface area contributed by atoms with E-state index in [1.54, 1.807) is 0 Å². The molecule has 8 nitrogen and oxygen atoms in total. The lowest BCUT2D eigenvalue weighted by Crippen LogP contribution is -2.37. The maximum absolute atomic E-state index is 13.2. The van der Waals surface area contributed by atoms with Gasteiger partial charge in [-0.1, -0.05) is 13.3 Å². The molecule has 0 aliphatic carbocycles.